The molecule has 8 nitrogen and oxygen atoms in total. The number of rotatable bonds is 5. The van der Waals surface area contributed by atoms with Gasteiger partial charge in [-0.2, -0.15) is 5.10 Å². The molecule has 2 fully saturated rings. The van der Waals surface area contributed by atoms with Gasteiger partial charge in [0.25, 0.3) is 5.56 Å². The summed E-state index contributed by atoms with van der Waals surface area (Å²) in [7, 11) is 3.65. The molecule has 2 aromatic heterocycles. The van der Waals surface area contributed by atoms with Gasteiger partial charge in [0.1, 0.15) is 4.75 Å². The van der Waals surface area contributed by atoms with E-state index in [0.29, 0.717) is 15.9 Å². The fraction of sp³-hybridized carbons (Fsp3) is 0.577. The summed E-state index contributed by atoms with van der Waals surface area (Å²) in [6.07, 6.45) is 8.94. The van der Waals surface area contributed by atoms with Crippen molar-refractivity contribution in [3.05, 3.63) is 39.9 Å². The van der Waals surface area contributed by atoms with Gasteiger partial charge in [0.05, 0.1) is 27.7 Å². The van der Waals surface area contributed by atoms with Crippen molar-refractivity contribution < 1.29 is 4.55 Å². The van der Waals surface area contributed by atoms with Crippen molar-refractivity contribution in [2.24, 2.45) is 19.5 Å². The normalized spacial score (nSPS) is 20.7. The first-order valence-electron chi connectivity index (χ1n) is 12.8. The zero-order valence-electron chi connectivity index (χ0n) is 22.1. The quantitative estimate of drug-likeness (QED) is 0.452. The second kappa shape index (κ2) is 10.1. The standard InChI is InChI=1S/C26H35ClN6O2S2/c1-25(2,3)37(35)30-21-7-6-10-26(21)11-13-33(14-12-26)24-28-15-20(23(34)32(24)5)36-19-9-8-18-17(22(19)27)16-31(4)29-18/h8-9,15-16,21,30H,6-7,10-14H2,1-5H3/t21-,37-/m1/s1. The number of piperidine rings is 1. The molecule has 0 unspecified atom stereocenters. The van der Waals surface area contributed by atoms with Gasteiger partial charge in [-0.15, -0.1) is 4.72 Å². The van der Waals surface area contributed by atoms with E-state index in [1.54, 1.807) is 22.5 Å². The summed E-state index contributed by atoms with van der Waals surface area (Å²) in [5.41, 5.74) is 0.900. The topological polar surface area (TPSA) is 91.0 Å². The van der Waals surface area contributed by atoms with E-state index in [0.717, 1.165) is 61.0 Å². The number of fused-ring (bicyclic) bond motifs is 1. The van der Waals surface area contributed by atoms with E-state index in [9.17, 15) is 9.35 Å². The summed E-state index contributed by atoms with van der Waals surface area (Å²) in [4.78, 5) is 21.6. The zero-order valence-corrected chi connectivity index (χ0v) is 24.5. The maximum atomic E-state index is 13.3. The van der Waals surface area contributed by atoms with Crippen molar-refractivity contribution in [3.8, 4) is 0 Å². The monoisotopic (exact) mass is 562 g/mol. The van der Waals surface area contributed by atoms with Crippen molar-refractivity contribution >= 4 is 51.6 Å². The first kappa shape index (κ1) is 26.9. The Kier molecular flexibility index (Phi) is 7.34. The highest BCUT2D eigenvalue weighted by Crippen LogP contribution is 2.47. The lowest BCUT2D eigenvalue weighted by atomic mass is 9.74. The Hall–Kier alpha value is -1.72. The number of aromatic nitrogens is 4. The average molecular weight is 563 g/mol. The van der Waals surface area contributed by atoms with Crippen LogP contribution in [0.15, 0.2) is 39.1 Å². The van der Waals surface area contributed by atoms with Crippen molar-refractivity contribution in [2.75, 3.05) is 18.0 Å². The van der Waals surface area contributed by atoms with E-state index in [4.69, 9.17) is 16.6 Å². The van der Waals surface area contributed by atoms with Crippen molar-refractivity contribution in [3.63, 3.8) is 0 Å². The molecule has 200 valence electrons. The first-order chi connectivity index (χ1) is 17.5. The summed E-state index contributed by atoms with van der Waals surface area (Å²) in [5.74, 6) is 0.693. The molecule has 0 amide bonds. The Morgan fingerprint density at radius 2 is 1.92 bits per heavy atom. The van der Waals surface area contributed by atoms with Gasteiger partial charge >= 0.3 is 0 Å². The predicted molar refractivity (Wildman–Crippen MR) is 152 cm³/mol. The van der Waals surface area contributed by atoms with Crippen LogP contribution in [-0.4, -0.2) is 47.8 Å². The van der Waals surface area contributed by atoms with Crippen molar-refractivity contribution in [1.82, 2.24) is 24.1 Å². The third-order valence-electron chi connectivity index (χ3n) is 7.79. The second-order valence-electron chi connectivity index (χ2n) is 11.3. The van der Waals surface area contributed by atoms with Crippen LogP contribution in [0.5, 0.6) is 0 Å². The highest BCUT2D eigenvalue weighted by Gasteiger charge is 2.48. The number of benzene rings is 1. The average Bonchev–Trinajstić information content (AvgIpc) is 3.42. The molecule has 1 saturated heterocycles. The van der Waals surface area contributed by atoms with Crippen LogP contribution in [-0.2, 0) is 25.5 Å². The SMILES string of the molecule is Cn1cc2c(Cl)c(Sc3cnc(N4CCC5(CCC[C@H]5N[S@+]([O-])C(C)(C)C)CC4)n(C)c3=O)ccc2n1. The number of nitrogens with zero attached hydrogens (tertiary/aromatic N) is 5. The van der Waals surface area contributed by atoms with Crippen LogP contribution in [0.25, 0.3) is 10.9 Å². The van der Waals surface area contributed by atoms with Crippen LogP contribution in [0.3, 0.4) is 0 Å². The maximum absolute atomic E-state index is 13.3. The molecule has 1 aliphatic carbocycles. The molecule has 11 heteroatoms. The van der Waals surface area contributed by atoms with E-state index in [1.165, 1.54) is 11.8 Å². The third kappa shape index (κ3) is 5.15. The highest BCUT2D eigenvalue weighted by atomic mass is 35.5. The lowest BCUT2D eigenvalue weighted by Crippen LogP contribution is -2.53. The largest absolute Gasteiger partial charge is 0.598 e. The Balaban J connectivity index is 1.30. The lowest BCUT2D eigenvalue weighted by Gasteiger charge is -2.44. The van der Waals surface area contributed by atoms with Crippen LogP contribution in [0.1, 0.15) is 52.9 Å². The molecule has 37 heavy (non-hydrogen) atoms. The van der Waals surface area contributed by atoms with Crippen LogP contribution in [0.4, 0.5) is 5.95 Å². The minimum Gasteiger partial charge on any atom is -0.598 e. The molecule has 1 spiro atoms. The Morgan fingerprint density at radius 1 is 1.19 bits per heavy atom. The maximum Gasteiger partial charge on any atom is 0.268 e. The summed E-state index contributed by atoms with van der Waals surface area (Å²) in [5, 5.41) is 5.85. The van der Waals surface area contributed by atoms with Crippen LogP contribution < -0.4 is 15.2 Å². The fourth-order valence-electron chi connectivity index (χ4n) is 5.61. The molecular formula is C26H35ClN6O2S2. The van der Waals surface area contributed by atoms with Gasteiger partial charge in [0, 0.05) is 55.0 Å². The third-order valence-corrected chi connectivity index (χ3v) is 11.0. The van der Waals surface area contributed by atoms with Crippen LogP contribution >= 0.6 is 23.4 Å². The summed E-state index contributed by atoms with van der Waals surface area (Å²) < 4.78 is 19.4. The van der Waals surface area contributed by atoms with Gasteiger partial charge in [-0.05, 0) is 64.0 Å². The van der Waals surface area contributed by atoms with E-state index in [-0.39, 0.29) is 21.8 Å². The lowest BCUT2D eigenvalue weighted by molar-refractivity contribution is 0.185. The zero-order chi connectivity index (χ0) is 26.5. The summed E-state index contributed by atoms with van der Waals surface area (Å²) >= 11 is 6.91. The number of nitrogens with one attached hydrogen (secondary N) is 1. The number of hydrogen-bond donors (Lipinski definition) is 1. The van der Waals surface area contributed by atoms with Gasteiger partial charge in [-0.25, -0.2) is 4.98 Å². The molecule has 1 aliphatic heterocycles. The molecule has 0 bridgehead atoms. The number of halogens is 1. The fourth-order valence-corrected chi connectivity index (χ4v) is 7.82. The van der Waals surface area contributed by atoms with Crippen molar-refractivity contribution in [1.29, 1.82) is 0 Å². The Bertz CT molecular complexity index is 1360. The summed E-state index contributed by atoms with van der Waals surface area (Å²) in [6.45, 7) is 7.70. The molecular weight excluding hydrogens is 528 g/mol. The molecule has 5 rings (SSSR count). The van der Waals surface area contributed by atoms with E-state index < -0.39 is 11.4 Å². The van der Waals surface area contributed by atoms with Crippen LogP contribution in [0.2, 0.25) is 5.02 Å². The molecule has 1 aromatic carbocycles. The van der Waals surface area contributed by atoms with E-state index in [1.807, 2.05) is 46.1 Å². The molecule has 2 atom stereocenters. The van der Waals surface area contributed by atoms with Gasteiger partial charge < -0.3 is 9.45 Å². The first-order valence-corrected chi connectivity index (χ1v) is 15.1. The summed E-state index contributed by atoms with van der Waals surface area (Å²) in [6, 6.07) is 4.09. The second-order valence-corrected chi connectivity index (χ2v) is 14.8. The van der Waals surface area contributed by atoms with Gasteiger partial charge in [0.2, 0.25) is 5.95 Å². The minimum absolute atomic E-state index is 0.0846. The molecule has 3 heterocycles. The molecule has 2 aliphatic rings. The van der Waals surface area contributed by atoms with E-state index >= 15 is 0 Å². The van der Waals surface area contributed by atoms with E-state index in [2.05, 4.69) is 14.7 Å². The Labute approximate surface area is 230 Å². The number of hydrogen-bond acceptors (Lipinski definition) is 7. The Morgan fingerprint density at radius 3 is 2.62 bits per heavy atom. The minimum atomic E-state index is -1.07. The molecule has 0 radical (unpaired) electrons. The smallest absolute Gasteiger partial charge is 0.268 e. The van der Waals surface area contributed by atoms with Gasteiger partial charge in [0.15, 0.2) is 0 Å². The van der Waals surface area contributed by atoms with Gasteiger partial charge in [-0.1, -0.05) is 29.8 Å². The van der Waals surface area contributed by atoms with Crippen LogP contribution in [0, 0.1) is 5.41 Å². The predicted octanol–water partition coefficient (Wildman–Crippen LogP) is 4.66. The number of anilines is 1. The highest BCUT2D eigenvalue weighted by molar-refractivity contribution is 7.99. The molecule has 1 saturated carbocycles. The number of aryl methyl sites for hydroxylation is 1. The molecule has 3 aromatic rings. The molecule has 1 N–H and O–H groups in total. The van der Waals surface area contributed by atoms with Crippen molar-refractivity contribution in [2.45, 2.75) is 73.5 Å². The van der Waals surface area contributed by atoms with Gasteiger partial charge in [-0.3, -0.25) is 14.0 Å².